The van der Waals surface area contributed by atoms with Gasteiger partial charge >= 0.3 is 0 Å². The topological polar surface area (TPSA) is 92.0 Å². The first-order chi connectivity index (χ1) is 15.9. The van der Waals surface area contributed by atoms with E-state index in [2.05, 4.69) is 35.1 Å². The number of carbonyl (C=O) groups excluding carboxylic acids is 1. The number of thioether (sulfide) groups is 1. The highest BCUT2D eigenvalue weighted by Crippen LogP contribution is 2.43. The van der Waals surface area contributed by atoms with Crippen molar-refractivity contribution < 1.29 is 9.53 Å². The summed E-state index contributed by atoms with van der Waals surface area (Å²) >= 11 is 1.54. The van der Waals surface area contributed by atoms with Crippen LogP contribution < -0.4 is 9.64 Å². The Balaban J connectivity index is 1.84. The van der Waals surface area contributed by atoms with Crippen LogP contribution >= 0.6 is 11.8 Å². The number of nitrogens with zero attached hydrogens (tertiary/aromatic N) is 5. The standard InChI is InChI=1S/C25H25N5O2S/c1-15(2)11-12-33-25-27-23-22(28-29-25)20-13-16(3)5-10-21(20)30(17(4)31)24(32-23)19-8-6-18(14-26)7-9-19/h5-10,13,15,24H,11-12H2,1-4H3. The Bertz CT molecular complexity index is 1220. The number of aromatic nitrogens is 3. The number of ether oxygens (including phenoxy) is 1. The molecule has 1 aliphatic rings. The van der Waals surface area contributed by atoms with Crippen LogP contribution in [0.3, 0.4) is 0 Å². The van der Waals surface area contributed by atoms with Crippen LogP contribution in [0.25, 0.3) is 11.3 Å². The Morgan fingerprint density at radius 2 is 1.97 bits per heavy atom. The summed E-state index contributed by atoms with van der Waals surface area (Å²) in [5.74, 6) is 1.62. The lowest BCUT2D eigenvalue weighted by Gasteiger charge is -2.30. The second-order valence-electron chi connectivity index (χ2n) is 8.39. The van der Waals surface area contributed by atoms with E-state index in [9.17, 15) is 10.1 Å². The number of benzene rings is 2. The van der Waals surface area contributed by atoms with E-state index in [-0.39, 0.29) is 5.91 Å². The summed E-state index contributed by atoms with van der Waals surface area (Å²) in [4.78, 5) is 19.1. The molecule has 0 saturated heterocycles. The smallest absolute Gasteiger partial charge is 0.247 e. The van der Waals surface area contributed by atoms with E-state index in [1.165, 1.54) is 6.92 Å². The summed E-state index contributed by atoms with van der Waals surface area (Å²) in [7, 11) is 0. The van der Waals surface area contributed by atoms with Crippen molar-refractivity contribution in [3.05, 3.63) is 59.2 Å². The first-order valence-corrected chi connectivity index (χ1v) is 11.8. The number of nitriles is 1. The lowest BCUT2D eigenvalue weighted by atomic mass is 10.0. The fourth-order valence-corrected chi connectivity index (χ4v) is 4.62. The predicted molar refractivity (Wildman–Crippen MR) is 128 cm³/mol. The van der Waals surface area contributed by atoms with Gasteiger partial charge in [0.1, 0.15) is 0 Å². The summed E-state index contributed by atoms with van der Waals surface area (Å²) in [6, 6.07) is 15.0. The van der Waals surface area contributed by atoms with Gasteiger partial charge in [-0.1, -0.05) is 49.4 Å². The minimum absolute atomic E-state index is 0.179. The maximum Gasteiger partial charge on any atom is 0.247 e. The summed E-state index contributed by atoms with van der Waals surface area (Å²) < 4.78 is 6.38. The molecule has 1 atom stereocenters. The number of rotatable bonds is 5. The van der Waals surface area contributed by atoms with Crippen molar-refractivity contribution in [2.75, 3.05) is 10.7 Å². The van der Waals surface area contributed by atoms with E-state index in [1.54, 1.807) is 40.9 Å². The molecule has 1 aliphatic heterocycles. The van der Waals surface area contributed by atoms with E-state index >= 15 is 0 Å². The summed E-state index contributed by atoms with van der Waals surface area (Å²) in [6.45, 7) is 7.85. The number of hydrogen-bond acceptors (Lipinski definition) is 7. The molecule has 4 rings (SSSR count). The minimum atomic E-state index is -0.761. The number of amides is 1. The summed E-state index contributed by atoms with van der Waals surface area (Å²) in [5.41, 5.74) is 4.22. The minimum Gasteiger partial charge on any atom is -0.447 e. The molecule has 0 aliphatic carbocycles. The Hall–Kier alpha value is -3.44. The molecule has 0 N–H and O–H groups in total. The highest BCUT2D eigenvalue weighted by molar-refractivity contribution is 7.99. The van der Waals surface area contributed by atoms with Gasteiger partial charge in [-0.05, 0) is 43.5 Å². The van der Waals surface area contributed by atoms with Crippen molar-refractivity contribution in [3.8, 4) is 23.2 Å². The molecule has 7 nitrogen and oxygen atoms in total. The molecule has 2 heterocycles. The molecule has 1 aromatic heterocycles. The Labute approximate surface area is 197 Å². The lowest BCUT2D eigenvalue weighted by molar-refractivity contribution is -0.118. The van der Waals surface area contributed by atoms with Crippen molar-refractivity contribution in [2.45, 2.75) is 45.5 Å². The maximum atomic E-state index is 12.9. The quantitative estimate of drug-likeness (QED) is 0.478. The Morgan fingerprint density at radius 3 is 2.64 bits per heavy atom. The largest absolute Gasteiger partial charge is 0.447 e. The third kappa shape index (κ3) is 4.83. The average molecular weight is 460 g/mol. The second kappa shape index (κ2) is 9.59. The van der Waals surface area contributed by atoms with Gasteiger partial charge in [0.2, 0.25) is 23.2 Å². The Morgan fingerprint density at radius 1 is 1.21 bits per heavy atom. The van der Waals surface area contributed by atoms with Crippen LogP contribution in [0, 0.1) is 24.2 Å². The van der Waals surface area contributed by atoms with Gasteiger partial charge in [-0.2, -0.15) is 10.2 Å². The van der Waals surface area contributed by atoms with Gasteiger partial charge in [0, 0.05) is 23.8 Å². The molecule has 8 heteroatoms. The highest BCUT2D eigenvalue weighted by Gasteiger charge is 2.34. The van der Waals surface area contributed by atoms with Crippen LogP contribution in [0.2, 0.25) is 0 Å². The lowest BCUT2D eigenvalue weighted by Crippen LogP contribution is -2.36. The predicted octanol–water partition coefficient (Wildman–Crippen LogP) is 5.30. The van der Waals surface area contributed by atoms with Crippen LogP contribution in [0.5, 0.6) is 5.88 Å². The van der Waals surface area contributed by atoms with Gasteiger partial charge in [0.15, 0.2) is 5.69 Å². The summed E-state index contributed by atoms with van der Waals surface area (Å²) in [6.07, 6.45) is 0.281. The monoisotopic (exact) mass is 459 g/mol. The zero-order chi connectivity index (χ0) is 23.5. The van der Waals surface area contributed by atoms with E-state index in [4.69, 9.17) is 4.74 Å². The van der Waals surface area contributed by atoms with Gasteiger partial charge in [-0.15, -0.1) is 10.2 Å². The molecule has 0 fully saturated rings. The first kappa shape index (κ1) is 22.7. The van der Waals surface area contributed by atoms with Crippen LogP contribution in [0.1, 0.15) is 50.1 Å². The number of carbonyl (C=O) groups is 1. The zero-order valence-corrected chi connectivity index (χ0v) is 19.9. The number of fused-ring (bicyclic) bond motifs is 3. The van der Waals surface area contributed by atoms with Crippen LogP contribution in [0.15, 0.2) is 47.6 Å². The Kier molecular flexibility index (Phi) is 6.61. The molecule has 168 valence electrons. The first-order valence-electron chi connectivity index (χ1n) is 10.8. The molecule has 1 amide bonds. The molecule has 0 bridgehead atoms. The third-order valence-electron chi connectivity index (χ3n) is 5.35. The van der Waals surface area contributed by atoms with E-state index in [0.29, 0.717) is 33.9 Å². The molecule has 3 aromatic rings. The van der Waals surface area contributed by atoms with Gasteiger partial charge in [0.25, 0.3) is 0 Å². The van der Waals surface area contributed by atoms with Crippen LogP contribution in [-0.4, -0.2) is 26.8 Å². The van der Waals surface area contributed by atoms with Gasteiger partial charge in [-0.25, -0.2) is 0 Å². The van der Waals surface area contributed by atoms with E-state index < -0.39 is 6.23 Å². The fourth-order valence-electron chi connectivity index (χ4n) is 3.60. The van der Waals surface area contributed by atoms with Gasteiger partial charge in [0.05, 0.1) is 17.3 Å². The van der Waals surface area contributed by atoms with Crippen molar-refractivity contribution in [3.63, 3.8) is 0 Å². The third-order valence-corrected chi connectivity index (χ3v) is 6.22. The van der Waals surface area contributed by atoms with Gasteiger partial charge in [-0.3, -0.25) is 9.69 Å². The molecule has 2 aromatic carbocycles. The van der Waals surface area contributed by atoms with Crippen molar-refractivity contribution in [1.29, 1.82) is 5.26 Å². The fraction of sp³-hybridized carbons (Fsp3) is 0.320. The number of anilines is 1. The highest BCUT2D eigenvalue weighted by atomic mass is 32.2. The SMILES string of the molecule is CC(=O)N1c2ccc(C)cc2-c2nnc(SCCC(C)C)nc2OC1c1ccc(C#N)cc1. The van der Waals surface area contributed by atoms with Crippen molar-refractivity contribution in [1.82, 2.24) is 15.2 Å². The van der Waals surface area contributed by atoms with Crippen molar-refractivity contribution >= 4 is 23.4 Å². The van der Waals surface area contributed by atoms with Gasteiger partial charge < -0.3 is 4.74 Å². The van der Waals surface area contributed by atoms with Crippen LogP contribution in [0.4, 0.5) is 5.69 Å². The zero-order valence-electron chi connectivity index (χ0n) is 19.1. The normalized spacial score (nSPS) is 14.7. The number of aryl methyl sites for hydroxylation is 1. The summed E-state index contributed by atoms with van der Waals surface area (Å²) in [5, 5.41) is 18.5. The second-order valence-corrected chi connectivity index (χ2v) is 9.45. The molecular weight excluding hydrogens is 434 g/mol. The van der Waals surface area contributed by atoms with E-state index in [1.807, 2.05) is 25.1 Å². The molecule has 1 unspecified atom stereocenters. The maximum absolute atomic E-state index is 12.9. The van der Waals surface area contributed by atoms with Crippen LogP contribution in [-0.2, 0) is 4.79 Å². The molecule has 0 radical (unpaired) electrons. The number of hydrogen-bond donors (Lipinski definition) is 0. The molecular formula is C25H25N5O2S. The molecule has 0 spiro atoms. The van der Waals surface area contributed by atoms with Crippen molar-refractivity contribution in [2.24, 2.45) is 5.92 Å². The molecule has 33 heavy (non-hydrogen) atoms. The average Bonchev–Trinajstić information content (AvgIpc) is 2.93. The molecule has 0 saturated carbocycles. The van der Waals surface area contributed by atoms with E-state index in [0.717, 1.165) is 28.9 Å².